The maximum absolute atomic E-state index is 12.2. The van der Waals surface area contributed by atoms with Gasteiger partial charge in [0.15, 0.2) is 5.16 Å². The van der Waals surface area contributed by atoms with E-state index < -0.39 is 0 Å². The van der Waals surface area contributed by atoms with Crippen LogP contribution in [0.3, 0.4) is 0 Å². The van der Waals surface area contributed by atoms with Crippen molar-refractivity contribution in [1.29, 1.82) is 0 Å². The molecule has 5 heteroatoms. The van der Waals surface area contributed by atoms with Gasteiger partial charge in [0, 0.05) is 16.9 Å². The number of benzene rings is 2. The molecule has 0 radical (unpaired) electrons. The molecule has 0 atom stereocenters. The lowest BCUT2D eigenvalue weighted by Gasteiger charge is -2.08. The molecule has 0 saturated carbocycles. The zero-order valence-electron chi connectivity index (χ0n) is 15.1. The molecule has 0 unspecified atom stereocenters. The topological polar surface area (TPSA) is 54.9 Å². The second-order valence-electron chi connectivity index (χ2n) is 6.18. The average Bonchev–Trinajstić information content (AvgIpc) is 2.63. The van der Waals surface area contributed by atoms with Crippen LogP contribution in [-0.2, 0) is 4.79 Å². The number of aromatic nitrogens is 2. The first-order valence-electron chi connectivity index (χ1n) is 8.42. The Labute approximate surface area is 158 Å². The molecule has 0 spiro atoms. The summed E-state index contributed by atoms with van der Waals surface area (Å²) < 4.78 is 0. The van der Waals surface area contributed by atoms with Gasteiger partial charge in [0.2, 0.25) is 5.91 Å². The van der Waals surface area contributed by atoms with Crippen LogP contribution in [0.4, 0.5) is 5.69 Å². The lowest BCUT2D eigenvalue weighted by atomic mass is 10.1. The first-order valence-corrected chi connectivity index (χ1v) is 9.41. The van der Waals surface area contributed by atoms with Crippen LogP contribution in [-0.4, -0.2) is 21.6 Å². The van der Waals surface area contributed by atoms with E-state index in [9.17, 15) is 4.79 Å². The van der Waals surface area contributed by atoms with E-state index in [4.69, 9.17) is 0 Å². The highest BCUT2D eigenvalue weighted by Crippen LogP contribution is 2.22. The summed E-state index contributed by atoms with van der Waals surface area (Å²) in [6.07, 6.45) is 0. The Balaban J connectivity index is 1.66. The largest absolute Gasteiger partial charge is 0.325 e. The summed E-state index contributed by atoms with van der Waals surface area (Å²) in [5.74, 6) is 0.203. The van der Waals surface area contributed by atoms with Gasteiger partial charge >= 0.3 is 0 Å². The van der Waals surface area contributed by atoms with Gasteiger partial charge in [-0.2, -0.15) is 0 Å². The lowest BCUT2D eigenvalue weighted by Crippen LogP contribution is -2.14. The number of aryl methyl sites for hydroxylation is 3. The third-order valence-corrected chi connectivity index (χ3v) is 4.87. The summed E-state index contributed by atoms with van der Waals surface area (Å²) in [7, 11) is 0. The summed E-state index contributed by atoms with van der Waals surface area (Å²) >= 11 is 1.34. The smallest absolute Gasteiger partial charge is 0.234 e. The Kier molecular flexibility index (Phi) is 5.68. The predicted molar refractivity (Wildman–Crippen MR) is 107 cm³/mol. The summed E-state index contributed by atoms with van der Waals surface area (Å²) in [6, 6.07) is 17.8. The van der Waals surface area contributed by atoms with E-state index in [0.717, 1.165) is 28.2 Å². The molecule has 3 rings (SSSR count). The number of nitrogens with one attached hydrogen (secondary N) is 1. The van der Waals surface area contributed by atoms with Gasteiger partial charge in [-0.3, -0.25) is 4.79 Å². The first-order chi connectivity index (χ1) is 12.5. The van der Waals surface area contributed by atoms with Crippen molar-refractivity contribution in [2.75, 3.05) is 11.1 Å². The molecule has 0 fully saturated rings. The second-order valence-corrected chi connectivity index (χ2v) is 7.12. The van der Waals surface area contributed by atoms with Crippen molar-refractivity contribution in [3.8, 4) is 11.3 Å². The standard InChI is InChI=1S/C21H21N3OS/c1-14-9-10-18(11-15(14)2)23-20(25)13-26-21-22-16(3)12-19(24-21)17-7-5-4-6-8-17/h4-12H,13H2,1-3H3,(H,23,25). The average molecular weight is 363 g/mol. The molecule has 3 aromatic rings. The van der Waals surface area contributed by atoms with Crippen LogP contribution in [0.1, 0.15) is 16.8 Å². The number of hydrogen-bond donors (Lipinski definition) is 1. The number of anilines is 1. The molecule has 0 saturated heterocycles. The number of carbonyl (C=O) groups excluding carboxylic acids is 1. The molecule has 26 heavy (non-hydrogen) atoms. The minimum atomic E-state index is -0.0652. The van der Waals surface area contributed by atoms with Crippen molar-refractivity contribution in [3.63, 3.8) is 0 Å². The predicted octanol–water partition coefficient (Wildman–Crippen LogP) is 4.80. The molecule has 132 valence electrons. The molecule has 1 aromatic heterocycles. The minimum Gasteiger partial charge on any atom is -0.325 e. The molecule has 1 amide bonds. The van der Waals surface area contributed by atoms with Gasteiger partial charge < -0.3 is 5.32 Å². The fourth-order valence-electron chi connectivity index (χ4n) is 2.51. The molecule has 0 aliphatic carbocycles. The maximum Gasteiger partial charge on any atom is 0.234 e. The first kappa shape index (κ1) is 18.1. The fraction of sp³-hybridized carbons (Fsp3) is 0.190. The van der Waals surface area contributed by atoms with Crippen LogP contribution in [0.5, 0.6) is 0 Å². The van der Waals surface area contributed by atoms with E-state index in [2.05, 4.69) is 22.2 Å². The van der Waals surface area contributed by atoms with Crippen molar-refractivity contribution in [2.45, 2.75) is 25.9 Å². The van der Waals surface area contributed by atoms with Crippen LogP contribution in [0.2, 0.25) is 0 Å². The molecule has 0 bridgehead atoms. The summed E-state index contributed by atoms with van der Waals surface area (Å²) in [4.78, 5) is 21.3. The summed E-state index contributed by atoms with van der Waals surface area (Å²) in [6.45, 7) is 6.02. The van der Waals surface area contributed by atoms with E-state index >= 15 is 0 Å². The Morgan fingerprint density at radius 1 is 0.962 bits per heavy atom. The number of hydrogen-bond acceptors (Lipinski definition) is 4. The van der Waals surface area contributed by atoms with E-state index in [1.807, 2.05) is 68.4 Å². The second kappa shape index (κ2) is 8.15. The Morgan fingerprint density at radius 3 is 2.46 bits per heavy atom. The van der Waals surface area contributed by atoms with Crippen LogP contribution in [0, 0.1) is 20.8 Å². The van der Waals surface area contributed by atoms with Crippen LogP contribution < -0.4 is 5.32 Å². The molecule has 1 N–H and O–H groups in total. The van der Waals surface area contributed by atoms with Crippen molar-refractivity contribution in [3.05, 3.63) is 71.4 Å². The maximum atomic E-state index is 12.2. The van der Waals surface area contributed by atoms with Gasteiger partial charge in [0.25, 0.3) is 0 Å². The fourth-order valence-corrected chi connectivity index (χ4v) is 3.21. The minimum absolute atomic E-state index is 0.0652. The highest BCUT2D eigenvalue weighted by atomic mass is 32.2. The highest BCUT2D eigenvalue weighted by molar-refractivity contribution is 7.99. The van der Waals surface area contributed by atoms with Gasteiger partial charge in [-0.1, -0.05) is 48.2 Å². The number of thioether (sulfide) groups is 1. The van der Waals surface area contributed by atoms with Gasteiger partial charge in [-0.25, -0.2) is 9.97 Å². The molecule has 1 heterocycles. The molecule has 4 nitrogen and oxygen atoms in total. The quantitative estimate of drug-likeness (QED) is 0.522. The highest BCUT2D eigenvalue weighted by Gasteiger charge is 2.09. The summed E-state index contributed by atoms with van der Waals surface area (Å²) in [5.41, 5.74) is 5.98. The molecule has 0 aliphatic rings. The van der Waals surface area contributed by atoms with Gasteiger partial charge in [-0.05, 0) is 50.1 Å². The van der Waals surface area contributed by atoms with E-state index in [0.29, 0.717) is 5.16 Å². The Bertz CT molecular complexity index is 926. The Morgan fingerprint density at radius 2 is 1.73 bits per heavy atom. The molecular formula is C21H21N3OS. The molecular weight excluding hydrogens is 342 g/mol. The van der Waals surface area contributed by atoms with Crippen molar-refractivity contribution in [2.24, 2.45) is 0 Å². The Hall–Kier alpha value is -2.66. The lowest BCUT2D eigenvalue weighted by molar-refractivity contribution is -0.113. The number of amides is 1. The van der Waals surface area contributed by atoms with Gasteiger partial charge in [-0.15, -0.1) is 0 Å². The van der Waals surface area contributed by atoms with E-state index in [1.54, 1.807) is 0 Å². The number of rotatable bonds is 5. The molecule has 2 aromatic carbocycles. The SMILES string of the molecule is Cc1cc(-c2ccccc2)nc(SCC(=O)Nc2ccc(C)c(C)c2)n1. The van der Waals surface area contributed by atoms with E-state index in [1.165, 1.54) is 17.3 Å². The normalized spacial score (nSPS) is 10.6. The number of nitrogens with zero attached hydrogens (tertiary/aromatic N) is 2. The number of carbonyl (C=O) groups is 1. The zero-order chi connectivity index (χ0) is 18.5. The van der Waals surface area contributed by atoms with Crippen LogP contribution >= 0.6 is 11.8 Å². The van der Waals surface area contributed by atoms with Crippen LogP contribution in [0.15, 0.2) is 59.8 Å². The molecule has 0 aliphatic heterocycles. The van der Waals surface area contributed by atoms with Crippen molar-refractivity contribution < 1.29 is 4.79 Å². The van der Waals surface area contributed by atoms with Gasteiger partial charge in [0.1, 0.15) is 0 Å². The monoisotopic (exact) mass is 363 g/mol. The zero-order valence-corrected chi connectivity index (χ0v) is 15.9. The van der Waals surface area contributed by atoms with Crippen molar-refractivity contribution in [1.82, 2.24) is 9.97 Å². The van der Waals surface area contributed by atoms with E-state index in [-0.39, 0.29) is 11.7 Å². The van der Waals surface area contributed by atoms with Gasteiger partial charge in [0.05, 0.1) is 11.4 Å². The van der Waals surface area contributed by atoms with Crippen molar-refractivity contribution >= 4 is 23.4 Å². The third-order valence-electron chi connectivity index (χ3n) is 4.03. The summed E-state index contributed by atoms with van der Waals surface area (Å²) in [5, 5.41) is 3.54. The van der Waals surface area contributed by atoms with Crippen LogP contribution in [0.25, 0.3) is 11.3 Å². The third kappa shape index (κ3) is 4.70.